The molecule has 1 aromatic heterocycles. The summed E-state index contributed by atoms with van der Waals surface area (Å²) >= 11 is 0. The van der Waals surface area contributed by atoms with Crippen molar-refractivity contribution in [2.24, 2.45) is 23.5 Å². The van der Waals surface area contributed by atoms with E-state index in [2.05, 4.69) is 21.8 Å². The van der Waals surface area contributed by atoms with E-state index in [1.807, 2.05) is 13.8 Å². The summed E-state index contributed by atoms with van der Waals surface area (Å²) in [5.41, 5.74) is 7.92. The average molecular weight is 318 g/mol. The Balaban J connectivity index is 1.73. The van der Waals surface area contributed by atoms with Crippen LogP contribution in [0.15, 0.2) is 0 Å². The number of amides is 1. The van der Waals surface area contributed by atoms with Crippen LogP contribution in [-0.4, -0.2) is 33.9 Å². The largest absolute Gasteiger partial charge is 0.344 e. The van der Waals surface area contributed by atoms with Crippen LogP contribution in [0.4, 0.5) is 0 Å². The Morgan fingerprint density at radius 1 is 1.30 bits per heavy atom. The zero-order valence-electron chi connectivity index (χ0n) is 14.6. The maximum Gasteiger partial charge on any atom is 0.226 e. The Morgan fingerprint density at radius 3 is 2.57 bits per heavy atom. The van der Waals surface area contributed by atoms with Crippen molar-refractivity contribution in [1.82, 2.24) is 14.9 Å². The van der Waals surface area contributed by atoms with E-state index in [9.17, 15) is 4.79 Å². The van der Waals surface area contributed by atoms with E-state index in [-0.39, 0.29) is 12.0 Å². The van der Waals surface area contributed by atoms with Crippen molar-refractivity contribution in [2.45, 2.75) is 58.9 Å². The van der Waals surface area contributed by atoms with Gasteiger partial charge in [-0.15, -0.1) is 0 Å². The molecule has 2 aliphatic rings. The van der Waals surface area contributed by atoms with Gasteiger partial charge in [0.15, 0.2) is 0 Å². The maximum absolute atomic E-state index is 13.1. The second kappa shape index (κ2) is 6.63. The lowest BCUT2D eigenvalue weighted by atomic mass is 9.81. The van der Waals surface area contributed by atoms with Crippen LogP contribution >= 0.6 is 0 Å². The Hall–Kier alpha value is -1.36. The van der Waals surface area contributed by atoms with Gasteiger partial charge in [-0.3, -0.25) is 4.79 Å². The molecule has 1 saturated heterocycles. The van der Waals surface area contributed by atoms with Crippen LogP contribution in [0, 0.1) is 31.6 Å². The standard InChI is InChI=1S/C18H30N4O/c1-11-8-16(17-20-12(2)13(3)21-17)22(10-11)18(23)15-6-4-14(9-19)5-7-15/h11,14-16H,4-10,19H2,1-3H3,(H,20,21). The van der Waals surface area contributed by atoms with Gasteiger partial charge in [-0.25, -0.2) is 4.98 Å². The third-order valence-electron chi connectivity index (χ3n) is 5.78. The first-order chi connectivity index (χ1) is 11.0. The molecular formula is C18H30N4O. The van der Waals surface area contributed by atoms with Crippen LogP contribution in [0.5, 0.6) is 0 Å². The molecule has 2 fully saturated rings. The average Bonchev–Trinajstić information content (AvgIpc) is 3.10. The predicted molar refractivity (Wildman–Crippen MR) is 90.8 cm³/mol. The second-order valence-electron chi connectivity index (χ2n) is 7.63. The molecule has 3 rings (SSSR count). The molecule has 1 aliphatic carbocycles. The molecule has 128 valence electrons. The molecule has 0 spiro atoms. The number of aryl methyl sites for hydroxylation is 2. The molecule has 1 aromatic rings. The zero-order valence-corrected chi connectivity index (χ0v) is 14.6. The van der Waals surface area contributed by atoms with Crippen molar-refractivity contribution < 1.29 is 4.79 Å². The lowest BCUT2D eigenvalue weighted by Crippen LogP contribution is -2.38. The smallest absolute Gasteiger partial charge is 0.226 e. The normalized spacial score (nSPS) is 31.6. The van der Waals surface area contributed by atoms with Crippen LogP contribution in [0.25, 0.3) is 0 Å². The first-order valence-electron chi connectivity index (χ1n) is 9.03. The molecule has 2 heterocycles. The zero-order chi connectivity index (χ0) is 16.6. The lowest BCUT2D eigenvalue weighted by molar-refractivity contribution is -0.138. The van der Waals surface area contributed by atoms with Gasteiger partial charge in [0.2, 0.25) is 5.91 Å². The fourth-order valence-electron chi connectivity index (χ4n) is 4.16. The molecule has 23 heavy (non-hydrogen) atoms. The van der Waals surface area contributed by atoms with Gasteiger partial charge in [0.1, 0.15) is 5.82 Å². The number of hydrogen-bond donors (Lipinski definition) is 2. The molecule has 5 heteroatoms. The number of nitrogens with two attached hydrogens (primary N) is 1. The first kappa shape index (κ1) is 16.5. The van der Waals surface area contributed by atoms with Gasteiger partial charge in [0.05, 0.1) is 11.7 Å². The number of aromatic amines is 1. The van der Waals surface area contributed by atoms with Crippen LogP contribution < -0.4 is 5.73 Å². The Morgan fingerprint density at radius 2 is 2.00 bits per heavy atom. The molecular weight excluding hydrogens is 288 g/mol. The number of rotatable bonds is 3. The predicted octanol–water partition coefficient (Wildman–Crippen LogP) is 2.70. The summed E-state index contributed by atoms with van der Waals surface area (Å²) < 4.78 is 0. The van der Waals surface area contributed by atoms with Crippen LogP contribution in [-0.2, 0) is 4.79 Å². The second-order valence-corrected chi connectivity index (χ2v) is 7.63. The number of nitrogens with zero attached hydrogens (tertiary/aromatic N) is 2. The number of aromatic nitrogens is 2. The van der Waals surface area contributed by atoms with Gasteiger partial charge in [-0.2, -0.15) is 0 Å². The van der Waals surface area contributed by atoms with Crippen LogP contribution in [0.1, 0.15) is 62.3 Å². The van der Waals surface area contributed by atoms with E-state index in [4.69, 9.17) is 5.73 Å². The number of H-pyrrole nitrogens is 1. The van der Waals surface area contributed by atoms with Crippen LogP contribution in [0.2, 0.25) is 0 Å². The van der Waals surface area contributed by atoms with E-state index in [1.165, 1.54) is 0 Å². The topological polar surface area (TPSA) is 75.0 Å². The molecule has 5 nitrogen and oxygen atoms in total. The molecule has 0 aromatic carbocycles. The highest BCUT2D eigenvalue weighted by Crippen LogP contribution is 2.38. The van der Waals surface area contributed by atoms with Crippen molar-refractivity contribution in [3.8, 4) is 0 Å². The van der Waals surface area contributed by atoms with Gasteiger partial charge in [-0.05, 0) is 64.3 Å². The van der Waals surface area contributed by atoms with Gasteiger partial charge in [0, 0.05) is 18.2 Å². The van der Waals surface area contributed by atoms with Crippen molar-refractivity contribution in [3.05, 3.63) is 17.2 Å². The van der Waals surface area contributed by atoms with Crippen molar-refractivity contribution in [3.63, 3.8) is 0 Å². The van der Waals surface area contributed by atoms with Crippen molar-refractivity contribution in [2.75, 3.05) is 13.1 Å². The van der Waals surface area contributed by atoms with E-state index < -0.39 is 0 Å². The Bertz CT molecular complexity index is 540. The minimum absolute atomic E-state index is 0.122. The summed E-state index contributed by atoms with van der Waals surface area (Å²) in [4.78, 5) is 23.2. The monoisotopic (exact) mass is 318 g/mol. The summed E-state index contributed by atoms with van der Waals surface area (Å²) in [7, 11) is 0. The number of nitrogens with one attached hydrogen (secondary N) is 1. The minimum Gasteiger partial charge on any atom is -0.344 e. The van der Waals surface area contributed by atoms with Gasteiger partial charge < -0.3 is 15.6 Å². The van der Waals surface area contributed by atoms with E-state index in [0.717, 1.165) is 62.4 Å². The Labute approximate surface area is 139 Å². The molecule has 1 aliphatic heterocycles. The molecule has 2 unspecified atom stereocenters. The maximum atomic E-state index is 13.1. The number of carbonyl (C=O) groups is 1. The molecule has 2 atom stereocenters. The van der Waals surface area contributed by atoms with Gasteiger partial charge in [-0.1, -0.05) is 6.92 Å². The van der Waals surface area contributed by atoms with Crippen molar-refractivity contribution >= 4 is 5.91 Å². The lowest BCUT2D eigenvalue weighted by Gasteiger charge is -2.32. The van der Waals surface area contributed by atoms with E-state index in [1.54, 1.807) is 0 Å². The third-order valence-corrected chi connectivity index (χ3v) is 5.78. The summed E-state index contributed by atoms with van der Waals surface area (Å²) in [5, 5.41) is 0. The van der Waals surface area contributed by atoms with E-state index >= 15 is 0 Å². The highest BCUT2D eigenvalue weighted by Gasteiger charge is 2.39. The number of carbonyl (C=O) groups excluding carboxylic acids is 1. The minimum atomic E-state index is 0.122. The van der Waals surface area contributed by atoms with Crippen LogP contribution in [0.3, 0.4) is 0 Å². The number of likely N-dealkylation sites (tertiary alicyclic amines) is 1. The summed E-state index contributed by atoms with van der Waals surface area (Å²) in [6.45, 7) is 7.92. The molecule has 0 bridgehead atoms. The Kier molecular flexibility index (Phi) is 4.76. The SMILES string of the molecule is Cc1nc(C2CC(C)CN2C(=O)C2CCC(CN)CC2)[nH]c1C. The summed E-state index contributed by atoms with van der Waals surface area (Å²) in [6.07, 6.45) is 5.19. The van der Waals surface area contributed by atoms with Gasteiger partial charge in [0.25, 0.3) is 0 Å². The molecule has 1 amide bonds. The highest BCUT2D eigenvalue weighted by molar-refractivity contribution is 5.79. The number of hydrogen-bond acceptors (Lipinski definition) is 3. The first-order valence-corrected chi connectivity index (χ1v) is 9.03. The molecule has 1 saturated carbocycles. The fraction of sp³-hybridized carbons (Fsp3) is 0.778. The number of imidazole rings is 1. The van der Waals surface area contributed by atoms with Crippen molar-refractivity contribution in [1.29, 1.82) is 0 Å². The summed E-state index contributed by atoms with van der Waals surface area (Å²) in [5.74, 6) is 2.63. The van der Waals surface area contributed by atoms with Gasteiger partial charge >= 0.3 is 0 Å². The fourth-order valence-corrected chi connectivity index (χ4v) is 4.16. The molecule has 3 N–H and O–H groups in total. The van der Waals surface area contributed by atoms with E-state index in [0.29, 0.717) is 17.7 Å². The highest BCUT2D eigenvalue weighted by atomic mass is 16.2. The summed E-state index contributed by atoms with van der Waals surface area (Å²) in [6, 6.07) is 0.122. The third kappa shape index (κ3) is 3.30. The molecule has 0 radical (unpaired) electrons. The quantitative estimate of drug-likeness (QED) is 0.900.